The zero-order valence-corrected chi connectivity index (χ0v) is 33.7. The Kier molecular flexibility index (Phi) is 11.8. The number of amides is 1. The number of benzene rings is 2. The van der Waals surface area contributed by atoms with Gasteiger partial charge in [-0.25, -0.2) is 14.2 Å². The van der Waals surface area contributed by atoms with E-state index in [-0.39, 0.29) is 70.9 Å². The molecular weight excluding hydrogens is 754 g/mol. The van der Waals surface area contributed by atoms with Gasteiger partial charge < -0.3 is 33.8 Å². The number of carbonyl (C=O) groups excluding carboxylic acids is 1. The smallest absolute Gasteiger partial charge is 0.418 e. The van der Waals surface area contributed by atoms with Crippen LogP contribution in [0.1, 0.15) is 57.2 Å². The summed E-state index contributed by atoms with van der Waals surface area (Å²) in [6.07, 6.45) is -3.47. The van der Waals surface area contributed by atoms with Crippen LogP contribution in [0.15, 0.2) is 36.4 Å². The first-order valence-electron chi connectivity index (χ1n) is 18.5. The van der Waals surface area contributed by atoms with Crippen LogP contribution < -0.4 is 19.3 Å². The van der Waals surface area contributed by atoms with E-state index in [2.05, 4.69) is 14.9 Å². The predicted molar refractivity (Wildman–Crippen MR) is 208 cm³/mol. The van der Waals surface area contributed by atoms with E-state index in [0.29, 0.717) is 18.8 Å². The van der Waals surface area contributed by atoms with E-state index in [1.54, 1.807) is 56.9 Å². The largest absolute Gasteiger partial charge is 0.497 e. The number of rotatable bonds is 9. The number of hydrogen-bond acceptors (Lipinski definition) is 10. The number of methoxy groups -OCH3 is 1. The van der Waals surface area contributed by atoms with Crippen LogP contribution in [0.4, 0.5) is 34.0 Å². The molecule has 2 aromatic carbocycles. The summed E-state index contributed by atoms with van der Waals surface area (Å²) in [4.78, 5) is 33.9. The normalized spacial score (nSPS) is 18.1. The molecule has 56 heavy (non-hydrogen) atoms. The molecule has 302 valence electrons. The molecule has 0 bridgehead atoms. The molecule has 2 fully saturated rings. The number of fused-ring (bicyclic) bond motifs is 1. The van der Waals surface area contributed by atoms with Gasteiger partial charge in [0, 0.05) is 50.7 Å². The molecule has 0 saturated carbocycles. The third-order valence-corrected chi connectivity index (χ3v) is 10.5. The number of carbonyl (C=O) groups is 1. The van der Waals surface area contributed by atoms with Gasteiger partial charge in [0.1, 0.15) is 35.1 Å². The van der Waals surface area contributed by atoms with Gasteiger partial charge in [-0.1, -0.05) is 23.7 Å². The number of piperazine rings is 1. The average molecular weight is 802 g/mol. The highest BCUT2D eigenvalue weighted by atomic mass is 35.5. The molecule has 0 N–H and O–H groups in total. The van der Waals surface area contributed by atoms with E-state index in [9.17, 15) is 18.0 Å². The van der Waals surface area contributed by atoms with E-state index < -0.39 is 40.5 Å². The van der Waals surface area contributed by atoms with E-state index in [1.807, 2.05) is 31.0 Å². The monoisotopic (exact) mass is 801 g/mol. The zero-order valence-electron chi connectivity index (χ0n) is 32.9. The lowest BCUT2D eigenvalue weighted by Crippen LogP contribution is -2.55. The van der Waals surface area contributed by atoms with Crippen molar-refractivity contribution in [1.82, 2.24) is 24.8 Å². The molecule has 2 aromatic heterocycles. The fourth-order valence-electron chi connectivity index (χ4n) is 7.26. The quantitative estimate of drug-likeness (QED) is 0.154. The average Bonchev–Trinajstić information content (AvgIpc) is 3.53. The Morgan fingerprint density at radius 2 is 1.77 bits per heavy atom. The standard InChI is InChI=1S/C40H48ClF4N7O4/c1-23-18-30(50(7)21-25-11-13-27(54-8)14-12-25)46-35(32(23)40(43,44)45)31-29(41)19-28-34(33(31)42)47-37(55-22-26-10-9-15-49(26)6)48-36(28)52-17-16-51(20-24(52)2)38(53)56-39(3,4)5/h11-14,18-19,24,26H,9-10,15-17,20-22H2,1-8H3. The number of halogens is 5. The Morgan fingerprint density at radius 3 is 2.38 bits per heavy atom. The van der Waals surface area contributed by atoms with Crippen LogP contribution in [0, 0.1) is 12.7 Å². The summed E-state index contributed by atoms with van der Waals surface area (Å²) in [5.74, 6) is 0.0298. The van der Waals surface area contributed by atoms with Crippen molar-refractivity contribution in [2.75, 3.05) is 63.8 Å². The second kappa shape index (κ2) is 16.1. The second-order valence-electron chi connectivity index (χ2n) is 15.6. The fourth-order valence-corrected chi connectivity index (χ4v) is 7.54. The summed E-state index contributed by atoms with van der Waals surface area (Å²) in [6, 6.07) is 9.58. The molecule has 0 spiro atoms. The number of aryl methyl sites for hydroxylation is 1. The lowest BCUT2D eigenvalue weighted by atomic mass is 9.98. The van der Waals surface area contributed by atoms with Gasteiger partial charge in [-0.2, -0.15) is 23.1 Å². The maximum atomic E-state index is 17.3. The Bertz CT molecular complexity index is 2080. The molecular formula is C40H48ClF4N7O4. The Morgan fingerprint density at radius 1 is 1.05 bits per heavy atom. The third-order valence-electron chi connectivity index (χ3n) is 10.2. The molecule has 4 heterocycles. The van der Waals surface area contributed by atoms with Gasteiger partial charge in [-0.15, -0.1) is 0 Å². The number of ether oxygens (including phenoxy) is 3. The lowest BCUT2D eigenvalue weighted by molar-refractivity contribution is -0.137. The molecule has 1 amide bonds. The van der Waals surface area contributed by atoms with E-state index in [1.165, 1.54) is 19.1 Å². The summed E-state index contributed by atoms with van der Waals surface area (Å²) in [6.45, 7) is 10.8. The van der Waals surface area contributed by atoms with E-state index >= 15 is 4.39 Å². The molecule has 2 atom stereocenters. The second-order valence-corrected chi connectivity index (χ2v) is 16.0. The highest BCUT2D eigenvalue weighted by Gasteiger charge is 2.39. The van der Waals surface area contributed by atoms with Gasteiger partial charge in [-0.3, -0.25) is 0 Å². The van der Waals surface area contributed by atoms with Crippen LogP contribution in [0.2, 0.25) is 5.02 Å². The first-order valence-corrected chi connectivity index (χ1v) is 18.9. The summed E-state index contributed by atoms with van der Waals surface area (Å²) in [5, 5.41) is -0.120. The van der Waals surface area contributed by atoms with Gasteiger partial charge in [0.2, 0.25) is 0 Å². The lowest BCUT2D eigenvalue weighted by Gasteiger charge is -2.41. The highest BCUT2D eigenvalue weighted by Crippen LogP contribution is 2.45. The predicted octanol–water partition coefficient (Wildman–Crippen LogP) is 8.38. The van der Waals surface area contributed by atoms with Crippen LogP contribution in [0.25, 0.3) is 22.2 Å². The maximum Gasteiger partial charge on any atom is 0.418 e. The number of pyridine rings is 1. The fraction of sp³-hybridized carbons (Fsp3) is 0.500. The summed E-state index contributed by atoms with van der Waals surface area (Å²) < 4.78 is 78.8. The van der Waals surface area contributed by atoms with Crippen LogP contribution in [0.5, 0.6) is 11.8 Å². The minimum absolute atomic E-state index is 0.0823. The molecule has 2 saturated heterocycles. The molecule has 2 aliphatic heterocycles. The molecule has 16 heteroatoms. The van der Waals surface area contributed by atoms with Crippen LogP contribution in [-0.4, -0.2) is 103 Å². The Hall–Kier alpha value is -4.63. The van der Waals surface area contributed by atoms with Crippen LogP contribution >= 0.6 is 11.6 Å². The summed E-state index contributed by atoms with van der Waals surface area (Å²) in [5.41, 5.74) is -2.56. The molecule has 11 nitrogen and oxygen atoms in total. The first kappa shape index (κ1) is 41.0. The van der Waals surface area contributed by atoms with Crippen molar-refractivity contribution >= 4 is 40.2 Å². The van der Waals surface area contributed by atoms with Gasteiger partial charge in [0.15, 0.2) is 5.82 Å². The highest BCUT2D eigenvalue weighted by molar-refractivity contribution is 6.34. The van der Waals surface area contributed by atoms with Crippen molar-refractivity contribution in [1.29, 1.82) is 0 Å². The van der Waals surface area contributed by atoms with Gasteiger partial charge >= 0.3 is 18.3 Å². The van der Waals surface area contributed by atoms with Crippen molar-refractivity contribution < 1.29 is 36.6 Å². The van der Waals surface area contributed by atoms with Crippen molar-refractivity contribution in [2.24, 2.45) is 0 Å². The summed E-state index contributed by atoms with van der Waals surface area (Å²) >= 11 is 6.83. The van der Waals surface area contributed by atoms with Gasteiger partial charge in [-0.05, 0) is 96.4 Å². The van der Waals surface area contributed by atoms with E-state index in [0.717, 1.165) is 24.9 Å². The van der Waals surface area contributed by atoms with Crippen molar-refractivity contribution in [2.45, 2.75) is 77.9 Å². The van der Waals surface area contributed by atoms with Gasteiger partial charge in [0.05, 0.1) is 29.0 Å². The number of aromatic nitrogens is 3. The number of hydrogen-bond donors (Lipinski definition) is 0. The summed E-state index contributed by atoms with van der Waals surface area (Å²) in [7, 11) is 5.24. The maximum absolute atomic E-state index is 17.3. The molecule has 2 unspecified atom stereocenters. The molecule has 0 radical (unpaired) electrons. The topological polar surface area (TPSA) is 96.4 Å². The van der Waals surface area contributed by atoms with Gasteiger partial charge in [0.25, 0.3) is 0 Å². The number of likely N-dealkylation sites (tertiary alicyclic amines) is 1. The third kappa shape index (κ3) is 8.83. The molecule has 2 aliphatic rings. The van der Waals surface area contributed by atoms with Crippen molar-refractivity contribution in [3.63, 3.8) is 0 Å². The molecule has 0 aliphatic carbocycles. The number of likely N-dealkylation sites (N-methyl/N-ethyl adjacent to an activating group) is 1. The van der Waals surface area contributed by atoms with E-state index in [4.69, 9.17) is 30.8 Å². The Balaban J connectivity index is 1.46. The minimum Gasteiger partial charge on any atom is -0.497 e. The first-order chi connectivity index (χ1) is 26.3. The SMILES string of the molecule is COc1ccc(CN(C)c2cc(C)c(C(F)(F)F)c(-c3c(Cl)cc4c(N5CCN(C(=O)OC(C)(C)C)CC5C)nc(OCC5CCCN5C)nc4c3F)n2)cc1. The minimum atomic E-state index is -4.90. The number of anilines is 2. The van der Waals surface area contributed by atoms with Crippen molar-refractivity contribution in [3.05, 3.63) is 63.9 Å². The molecule has 6 rings (SSSR count). The number of nitrogens with zero attached hydrogens (tertiary/aromatic N) is 7. The molecule has 4 aromatic rings. The van der Waals surface area contributed by atoms with Crippen LogP contribution in [-0.2, 0) is 17.5 Å². The van der Waals surface area contributed by atoms with Crippen LogP contribution in [0.3, 0.4) is 0 Å². The Labute approximate surface area is 329 Å². The zero-order chi connectivity index (χ0) is 40.7. The van der Waals surface area contributed by atoms with Crippen molar-refractivity contribution in [3.8, 4) is 23.0 Å². The number of alkyl halides is 3.